The third kappa shape index (κ3) is 1.50. The Bertz CT molecular complexity index is 530. The van der Waals surface area contributed by atoms with Crippen LogP contribution in [0.2, 0.25) is 0 Å². The van der Waals surface area contributed by atoms with Gasteiger partial charge in [-0.25, -0.2) is 18.5 Å². The Morgan fingerprint density at radius 2 is 2.06 bits per heavy atom. The maximum absolute atomic E-state index is 13.6. The lowest BCUT2D eigenvalue weighted by Crippen LogP contribution is -2.33. The maximum atomic E-state index is 13.6. The normalized spacial score (nSPS) is 22.9. The molecule has 1 unspecified atom stereocenters. The molecule has 2 aliphatic rings. The van der Waals surface area contributed by atoms with Gasteiger partial charge in [0.15, 0.2) is 0 Å². The number of anilines is 1. The van der Waals surface area contributed by atoms with E-state index in [1.165, 1.54) is 16.7 Å². The zero-order chi connectivity index (χ0) is 12.9. The highest BCUT2D eigenvalue weighted by atomic mass is 32.2. The lowest BCUT2D eigenvalue weighted by Gasteiger charge is -2.15. The second-order valence-electron chi connectivity index (χ2n) is 4.04. The highest BCUT2D eigenvalue weighted by Crippen LogP contribution is 2.33. The van der Waals surface area contributed by atoms with E-state index in [2.05, 4.69) is 0 Å². The number of urea groups is 1. The SMILES string of the molecule is O=C1C2CSCN2C(=O)N1c1ccc(F)cc1F. The number of imide groups is 1. The average molecular weight is 270 g/mol. The summed E-state index contributed by atoms with van der Waals surface area (Å²) in [6, 6.07) is 1.73. The van der Waals surface area contributed by atoms with Gasteiger partial charge in [0.2, 0.25) is 0 Å². The van der Waals surface area contributed by atoms with Crippen molar-refractivity contribution in [1.29, 1.82) is 0 Å². The molecule has 1 aromatic carbocycles. The number of hydrogen-bond acceptors (Lipinski definition) is 3. The largest absolute Gasteiger partial charge is 0.332 e. The summed E-state index contributed by atoms with van der Waals surface area (Å²) in [6.07, 6.45) is 0. The Balaban J connectivity index is 2.02. The summed E-state index contributed by atoms with van der Waals surface area (Å²) in [7, 11) is 0. The molecule has 0 bridgehead atoms. The molecule has 1 aromatic rings. The van der Waals surface area contributed by atoms with E-state index < -0.39 is 29.6 Å². The monoisotopic (exact) mass is 270 g/mol. The molecule has 2 fully saturated rings. The van der Waals surface area contributed by atoms with Crippen LogP contribution in [-0.4, -0.2) is 34.5 Å². The molecule has 0 spiro atoms. The molecule has 3 rings (SSSR count). The van der Waals surface area contributed by atoms with Crippen LogP contribution in [0.4, 0.5) is 19.3 Å². The fourth-order valence-corrected chi connectivity index (χ4v) is 3.23. The van der Waals surface area contributed by atoms with Crippen molar-refractivity contribution < 1.29 is 18.4 Å². The second kappa shape index (κ2) is 3.94. The summed E-state index contributed by atoms with van der Waals surface area (Å²) < 4.78 is 26.4. The van der Waals surface area contributed by atoms with Gasteiger partial charge in [-0.2, -0.15) is 0 Å². The highest BCUT2D eigenvalue weighted by molar-refractivity contribution is 7.99. The van der Waals surface area contributed by atoms with Crippen LogP contribution in [0.5, 0.6) is 0 Å². The smallest absolute Gasteiger partial charge is 0.302 e. The van der Waals surface area contributed by atoms with E-state index in [-0.39, 0.29) is 5.69 Å². The van der Waals surface area contributed by atoms with Crippen molar-refractivity contribution in [3.8, 4) is 0 Å². The van der Waals surface area contributed by atoms with E-state index >= 15 is 0 Å². The van der Waals surface area contributed by atoms with Gasteiger partial charge in [-0.15, -0.1) is 11.8 Å². The van der Waals surface area contributed by atoms with Gasteiger partial charge in [0, 0.05) is 11.8 Å². The average Bonchev–Trinajstić information content (AvgIpc) is 2.87. The van der Waals surface area contributed by atoms with Crippen molar-refractivity contribution >= 4 is 29.4 Å². The molecule has 7 heteroatoms. The van der Waals surface area contributed by atoms with Crippen LogP contribution >= 0.6 is 11.8 Å². The van der Waals surface area contributed by atoms with Gasteiger partial charge in [-0.3, -0.25) is 4.79 Å². The summed E-state index contributed by atoms with van der Waals surface area (Å²) in [5, 5.41) is 0. The summed E-state index contributed by atoms with van der Waals surface area (Å²) >= 11 is 1.48. The van der Waals surface area contributed by atoms with Crippen molar-refractivity contribution in [2.45, 2.75) is 6.04 Å². The minimum absolute atomic E-state index is 0.189. The van der Waals surface area contributed by atoms with Crippen molar-refractivity contribution in [3.05, 3.63) is 29.8 Å². The number of hydrogen-bond donors (Lipinski definition) is 0. The molecule has 0 N–H and O–H groups in total. The lowest BCUT2D eigenvalue weighted by atomic mass is 10.2. The standard InChI is InChI=1S/C11H8F2N2O2S/c12-6-1-2-8(7(13)3-6)15-10(16)9-4-18-5-14(9)11(15)17/h1-3,9H,4-5H2. The van der Waals surface area contributed by atoms with Crippen LogP contribution in [0, 0.1) is 11.6 Å². The van der Waals surface area contributed by atoms with Crippen LogP contribution in [0.1, 0.15) is 0 Å². The predicted molar refractivity (Wildman–Crippen MR) is 62.2 cm³/mol. The topological polar surface area (TPSA) is 40.6 Å². The first-order valence-corrected chi connectivity index (χ1v) is 6.42. The number of thioether (sulfide) groups is 1. The van der Waals surface area contributed by atoms with Crippen molar-refractivity contribution in [3.63, 3.8) is 0 Å². The first-order valence-electron chi connectivity index (χ1n) is 5.27. The number of benzene rings is 1. The molecule has 0 saturated carbocycles. The van der Waals surface area contributed by atoms with E-state index in [0.717, 1.165) is 17.0 Å². The van der Waals surface area contributed by atoms with E-state index in [1.807, 2.05) is 0 Å². The molecule has 2 saturated heterocycles. The number of halogens is 2. The Labute approximate surface area is 106 Å². The van der Waals surface area contributed by atoms with Crippen molar-refractivity contribution in [1.82, 2.24) is 4.90 Å². The summed E-state index contributed by atoms with van der Waals surface area (Å²) in [6.45, 7) is 0. The Hall–Kier alpha value is -1.63. The molecule has 18 heavy (non-hydrogen) atoms. The van der Waals surface area contributed by atoms with Gasteiger partial charge in [-0.1, -0.05) is 0 Å². The first kappa shape index (κ1) is 11.5. The molecule has 2 aliphatic heterocycles. The van der Waals surface area contributed by atoms with Crippen LogP contribution < -0.4 is 4.90 Å². The zero-order valence-corrected chi connectivity index (χ0v) is 9.92. The van der Waals surface area contributed by atoms with E-state index in [1.54, 1.807) is 0 Å². The lowest BCUT2D eigenvalue weighted by molar-refractivity contribution is -0.118. The molecule has 0 aliphatic carbocycles. The predicted octanol–water partition coefficient (Wildman–Crippen LogP) is 1.81. The highest BCUT2D eigenvalue weighted by Gasteiger charge is 2.49. The molecule has 94 valence electrons. The number of fused-ring (bicyclic) bond motifs is 1. The molecule has 2 heterocycles. The Morgan fingerprint density at radius 1 is 1.28 bits per heavy atom. The molecular weight excluding hydrogens is 262 g/mol. The van der Waals surface area contributed by atoms with Crippen molar-refractivity contribution in [2.24, 2.45) is 0 Å². The van der Waals surface area contributed by atoms with Gasteiger partial charge < -0.3 is 4.90 Å². The molecule has 3 amide bonds. The minimum Gasteiger partial charge on any atom is -0.302 e. The zero-order valence-electron chi connectivity index (χ0n) is 9.10. The van der Waals surface area contributed by atoms with E-state index in [0.29, 0.717) is 17.7 Å². The first-order chi connectivity index (χ1) is 8.59. The maximum Gasteiger partial charge on any atom is 0.332 e. The van der Waals surface area contributed by atoms with Gasteiger partial charge >= 0.3 is 6.03 Å². The van der Waals surface area contributed by atoms with Gasteiger partial charge in [0.05, 0.1) is 11.6 Å². The van der Waals surface area contributed by atoms with E-state index in [4.69, 9.17) is 0 Å². The Kier molecular flexibility index (Phi) is 2.51. The number of amides is 3. The number of rotatable bonds is 1. The molecule has 4 nitrogen and oxygen atoms in total. The van der Waals surface area contributed by atoms with Gasteiger partial charge in [0.25, 0.3) is 5.91 Å². The fraction of sp³-hybridized carbons (Fsp3) is 0.273. The van der Waals surface area contributed by atoms with Gasteiger partial charge in [-0.05, 0) is 12.1 Å². The number of nitrogens with zero attached hydrogens (tertiary/aromatic N) is 2. The van der Waals surface area contributed by atoms with Crippen LogP contribution in [0.15, 0.2) is 18.2 Å². The summed E-state index contributed by atoms with van der Waals surface area (Å²) in [5.74, 6) is -1.16. The second-order valence-corrected chi connectivity index (χ2v) is 5.04. The fourth-order valence-electron chi connectivity index (χ4n) is 2.09. The summed E-state index contributed by atoms with van der Waals surface area (Å²) in [5.41, 5.74) is -0.189. The number of carbonyl (C=O) groups is 2. The Morgan fingerprint density at radius 3 is 2.72 bits per heavy atom. The molecule has 1 atom stereocenters. The van der Waals surface area contributed by atoms with Gasteiger partial charge in [0.1, 0.15) is 17.7 Å². The van der Waals surface area contributed by atoms with Crippen LogP contribution in [-0.2, 0) is 4.79 Å². The van der Waals surface area contributed by atoms with E-state index in [9.17, 15) is 18.4 Å². The quantitative estimate of drug-likeness (QED) is 0.731. The van der Waals surface area contributed by atoms with Crippen molar-refractivity contribution in [2.75, 3.05) is 16.5 Å². The van der Waals surface area contributed by atoms with Crippen LogP contribution in [0.3, 0.4) is 0 Å². The third-order valence-corrected chi connectivity index (χ3v) is 3.99. The molecular formula is C11H8F2N2O2S. The molecule has 0 aromatic heterocycles. The third-order valence-electron chi connectivity index (χ3n) is 2.98. The summed E-state index contributed by atoms with van der Waals surface area (Å²) in [4.78, 5) is 26.2. The van der Waals surface area contributed by atoms with Crippen LogP contribution in [0.25, 0.3) is 0 Å². The minimum atomic E-state index is -0.912. The molecule has 0 radical (unpaired) electrons. The number of carbonyl (C=O) groups excluding carboxylic acids is 2.